The van der Waals surface area contributed by atoms with Crippen LogP contribution in [0.1, 0.15) is 48.7 Å². The summed E-state index contributed by atoms with van der Waals surface area (Å²) in [7, 11) is 2.79. The highest BCUT2D eigenvalue weighted by Crippen LogP contribution is 2.34. The second kappa shape index (κ2) is 10.8. The molecule has 4 rings (SSSR count). The number of fused-ring (bicyclic) bond motifs is 2. The number of pyridine rings is 1. The molecule has 204 valence electrons. The molecule has 3 aromatic rings. The third-order valence-corrected chi connectivity index (χ3v) is 6.95. The number of nitriles is 1. The van der Waals surface area contributed by atoms with Crippen LogP contribution in [-0.2, 0) is 9.59 Å². The van der Waals surface area contributed by atoms with E-state index in [4.69, 9.17) is 0 Å². The third-order valence-electron chi connectivity index (χ3n) is 6.95. The fourth-order valence-corrected chi connectivity index (χ4v) is 4.80. The van der Waals surface area contributed by atoms with Crippen LogP contribution in [0, 0.1) is 34.7 Å². The van der Waals surface area contributed by atoms with Crippen LogP contribution in [0.5, 0.6) is 0 Å². The number of H-pyrrole nitrogens is 1. The number of hydrogen-bond donors (Lipinski definition) is 2. The molecule has 1 aliphatic rings. The monoisotopic (exact) mass is 540 g/mol. The molecule has 0 saturated heterocycles. The second-order valence-corrected chi connectivity index (χ2v) is 10.0. The molecule has 3 heterocycles. The number of nitrogens with zero attached hydrogens (tertiary/aromatic N) is 4. The lowest BCUT2D eigenvalue weighted by Gasteiger charge is -2.34. The average Bonchev–Trinajstić information content (AvgIpc) is 3.49. The minimum Gasteiger partial charge on any atom is -0.348 e. The van der Waals surface area contributed by atoms with Crippen LogP contribution < -0.4 is 5.32 Å². The van der Waals surface area contributed by atoms with Gasteiger partial charge < -0.3 is 20.1 Å². The smallest absolute Gasteiger partial charge is 0.270 e. The Kier molecular flexibility index (Phi) is 7.63. The molecule has 0 fully saturated rings. The first kappa shape index (κ1) is 27.6. The van der Waals surface area contributed by atoms with Gasteiger partial charge >= 0.3 is 0 Å². The zero-order chi connectivity index (χ0) is 28.6. The fraction of sp³-hybridized carbons (Fsp3) is 0.370. The minimum absolute atomic E-state index is 0.0153. The average molecular weight is 541 g/mol. The lowest BCUT2D eigenvalue weighted by atomic mass is 9.93. The number of hydrogen-bond acceptors (Lipinski definition) is 5. The number of anilines is 1. The molecule has 3 amide bonds. The van der Waals surface area contributed by atoms with Crippen LogP contribution in [-0.4, -0.2) is 63.7 Å². The van der Waals surface area contributed by atoms with E-state index in [1.54, 1.807) is 12.1 Å². The van der Waals surface area contributed by atoms with Gasteiger partial charge in [0.25, 0.3) is 5.91 Å². The highest BCUT2D eigenvalue weighted by Gasteiger charge is 2.38. The SMILES string of the molecule is CC(C)CC(C(=O)N(C)C(C#N)CC1C(=O)Nc2ncccc21)N(C)C(=O)c1cc2c(F)cc(F)c(F)c2[nH]1. The van der Waals surface area contributed by atoms with E-state index in [0.29, 0.717) is 17.4 Å². The lowest BCUT2D eigenvalue weighted by Crippen LogP contribution is -2.51. The van der Waals surface area contributed by atoms with E-state index in [1.165, 1.54) is 25.2 Å². The zero-order valence-electron chi connectivity index (χ0n) is 21.8. The normalized spacial score (nSPS) is 16.0. The van der Waals surface area contributed by atoms with E-state index < -0.39 is 52.8 Å². The van der Waals surface area contributed by atoms with Crippen LogP contribution in [0.25, 0.3) is 10.9 Å². The van der Waals surface area contributed by atoms with Gasteiger partial charge in [0.05, 0.1) is 17.5 Å². The molecule has 39 heavy (non-hydrogen) atoms. The predicted octanol–water partition coefficient (Wildman–Crippen LogP) is 3.94. The molecule has 2 N–H and O–H groups in total. The zero-order valence-corrected chi connectivity index (χ0v) is 21.8. The fourth-order valence-electron chi connectivity index (χ4n) is 4.80. The number of halogens is 3. The Morgan fingerprint density at radius 3 is 2.54 bits per heavy atom. The Labute approximate surface area is 222 Å². The van der Waals surface area contributed by atoms with Crippen molar-refractivity contribution in [3.8, 4) is 6.07 Å². The number of likely N-dealkylation sites (N-methyl/N-ethyl adjacent to an activating group) is 2. The minimum atomic E-state index is -1.40. The topological polar surface area (TPSA) is 122 Å². The first-order valence-electron chi connectivity index (χ1n) is 12.3. The van der Waals surface area contributed by atoms with Crippen molar-refractivity contribution in [1.29, 1.82) is 5.26 Å². The third kappa shape index (κ3) is 5.16. The van der Waals surface area contributed by atoms with Crippen molar-refractivity contribution in [2.75, 3.05) is 19.4 Å². The first-order chi connectivity index (χ1) is 18.4. The summed E-state index contributed by atoms with van der Waals surface area (Å²) in [5.74, 6) is -5.72. The van der Waals surface area contributed by atoms with Crippen LogP contribution in [0.15, 0.2) is 30.5 Å². The number of aromatic amines is 1. The van der Waals surface area contributed by atoms with Crippen LogP contribution in [0.3, 0.4) is 0 Å². The molecule has 1 aliphatic heterocycles. The number of amides is 3. The Balaban J connectivity index is 1.59. The Morgan fingerprint density at radius 1 is 1.15 bits per heavy atom. The van der Waals surface area contributed by atoms with E-state index in [0.717, 1.165) is 11.0 Å². The van der Waals surface area contributed by atoms with Gasteiger partial charge in [-0.1, -0.05) is 19.9 Å². The summed E-state index contributed by atoms with van der Waals surface area (Å²) in [5.41, 5.74) is -0.102. The summed E-state index contributed by atoms with van der Waals surface area (Å²) < 4.78 is 42.1. The molecule has 3 unspecified atom stereocenters. The molecule has 0 bridgehead atoms. The maximum atomic E-state index is 14.2. The summed E-state index contributed by atoms with van der Waals surface area (Å²) in [6, 6.07) is 4.90. The van der Waals surface area contributed by atoms with E-state index >= 15 is 0 Å². The van der Waals surface area contributed by atoms with Crippen molar-refractivity contribution in [2.24, 2.45) is 5.92 Å². The largest absolute Gasteiger partial charge is 0.348 e. The van der Waals surface area contributed by atoms with Gasteiger partial charge in [0.2, 0.25) is 11.8 Å². The molecule has 0 saturated carbocycles. The van der Waals surface area contributed by atoms with Crippen molar-refractivity contribution in [3.63, 3.8) is 0 Å². The van der Waals surface area contributed by atoms with Crippen LogP contribution in [0.2, 0.25) is 0 Å². The van der Waals surface area contributed by atoms with E-state index in [-0.39, 0.29) is 35.7 Å². The maximum absolute atomic E-state index is 14.2. The quantitative estimate of drug-likeness (QED) is 0.419. The van der Waals surface area contributed by atoms with Crippen molar-refractivity contribution in [1.82, 2.24) is 19.8 Å². The van der Waals surface area contributed by atoms with Gasteiger partial charge in [-0.2, -0.15) is 5.26 Å². The standard InChI is InChI=1S/C27H27F3N6O3/c1-13(2)8-21(36(4)26(38)20-10-17-18(28)11-19(29)22(30)23(17)33-20)27(39)35(3)14(12-31)9-16-15-6-5-7-32-24(15)34-25(16)37/h5-7,10-11,13-14,16,21,33H,8-9H2,1-4H3,(H,32,34,37). The van der Waals surface area contributed by atoms with Crippen molar-refractivity contribution in [3.05, 3.63) is 59.2 Å². The van der Waals surface area contributed by atoms with Gasteiger partial charge in [-0.3, -0.25) is 14.4 Å². The van der Waals surface area contributed by atoms with Gasteiger partial charge in [0.1, 0.15) is 29.4 Å². The lowest BCUT2D eigenvalue weighted by molar-refractivity contribution is -0.136. The Bertz CT molecular complexity index is 1500. The number of benzene rings is 1. The molecule has 0 aliphatic carbocycles. The number of aromatic nitrogens is 2. The molecule has 1 aromatic carbocycles. The van der Waals surface area contributed by atoms with Gasteiger partial charge in [-0.25, -0.2) is 18.2 Å². The predicted molar refractivity (Wildman–Crippen MR) is 136 cm³/mol. The molecular weight excluding hydrogens is 513 g/mol. The molecular formula is C27H27F3N6O3. The summed E-state index contributed by atoms with van der Waals surface area (Å²) in [6.45, 7) is 3.70. The first-order valence-corrected chi connectivity index (χ1v) is 12.3. The second-order valence-electron chi connectivity index (χ2n) is 10.0. The van der Waals surface area contributed by atoms with Gasteiger partial charge in [-0.05, 0) is 30.9 Å². The summed E-state index contributed by atoms with van der Waals surface area (Å²) in [6.07, 6.45) is 1.77. The molecule has 0 spiro atoms. The van der Waals surface area contributed by atoms with E-state index in [2.05, 4.69) is 21.4 Å². The Hall–Kier alpha value is -4.40. The highest BCUT2D eigenvalue weighted by atomic mass is 19.2. The van der Waals surface area contributed by atoms with Gasteiger partial charge in [0, 0.05) is 37.3 Å². The molecule has 2 aromatic heterocycles. The summed E-state index contributed by atoms with van der Waals surface area (Å²) in [4.78, 5) is 48.4. The number of carbonyl (C=O) groups excluding carboxylic acids is 3. The van der Waals surface area contributed by atoms with Crippen LogP contribution >= 0.6 is 0 Å². The maximum Gasteiger partial charge on any atom is 0.270 e. The van der Waals surface area contributed by atoms with Gasteiger partial charge in [0.15, 0.2) is 11.6 Å². The van der Waals surface area contributed by atoms with Crippen molar-refractivity contribution >= 4 is 34.4 Å². The van der Waals surface area contributed by atoms with E-state index in [1.807, 2.05) is 13.8 Å². The molecule has 9 nitrogen and oxygen atoms in total. The molecule has 12 heteroatoms. The van der Waals surface area contributed by atoms with Gasteiger partial charge in [-0.15, -0.1) is 0 Å². The summed E-state index contributed by atoms with van der Waals surface area (Å²) in [5, 5.41) is 12.3. The number of nitrogens with one attached hydrogen (secondary N) is 2. The molecule has 3 atom stereocenters. The Morgan fingerprint density at radius 2 is 1.87 bits per heavy atom. The number of rotatable bonds is 8. The van der Waals surface area contributed by atoms with Crippen molar-refractivity contribution < 1.29 is 27.6 Å². The van der Waals surface area contributed by atoms with Crippen molar-refractivity contribution in [2.45, 2.75) is 44.7 Å². The van der Waals surface area contributed by atoms with E-state index in [9.17, 15) is 32.8 Å². The van der Waals surface area contributed by atoms with Crippen LogP contribution in [0.4, 0.5) is 19.0 Å². The summed E-state index contributed by atoms with van der Waals surface area (Å²) >= 11 is 0. The molecule has 0 radical (unpaired) electrons. The number of carbonyl (C=O) groups is 3. The highest BCUT2D eigenvalue weighted by molar-refractivity contribution is 6.02.